The number of hydrogen-bond acceptors (Lipinski definition) is 3. The Morgan fingerprint density at radius 1 is 1.61 bits per heavy atom. The molecule has 1 fully saturated rings. The van der Waals surface area contributed by atoms with E-state index in [0.717, 1.165) is 30.5 Å². The Balaban J connectivity index is 2.02. The maximum atomic E-state index is 12.0. The molecule has 1 aliphatic rings. The van der Waals surface area contributed by atoms with Crippen LogP contribution in [0.15, 0.2) is 24.5 Å². The van der Waals surface area contributed by atoms with E-state index in [9.17, 15) is 9.90 Å². The normalized spacial score (nSPS) is 19.7. The number of rotatable bonds is 3. The van der Waals surface area contributed by atoms with E-state index in [-0.39, 0.29) is 18.6 Å². The maximum Gasteiger partial charge on any atom is 0.246 e. The molecule has 1 saturated heterocycles. The zero-order valence-corrected chi connectivity index (χ0v) is 10.5. The summed E-state index contributed by atoms with van der Waals surface area (Å²) in [5.74, 6) is -0.0342. The first-order valence-corrected chi connectivity index (χ1v) is 6.22. The van der Waals surface area contributed by atoms with Crippen molar-refractivity contribution >= 4 is 12.0 Å². The fraction of sp³-hybridized carbons (Fsp3) is 0.429. The minimum atomic E-state index is -0.0342. The molecule has 0 aromatic carbocycles. The third-order valence-electron chi connectivity index (χ3n) is 3.19. The monoisotopic (exact) mass is 246 g/mol. The average molecular weight is 246 g/mol. The summed E-state index contributed by atoms with van der Waals surface area (Å²) >= 11 is 0. The summed E-state index contributed by atoms with van der Waals surface area (Å²) in [6, 6.07) is 1.96. The van der Waals surface area contributed by atoms with E-state index < -0.39 is 0 Å². The average Bonchev–Trinajstić information content (AvgIpc) is 2.84. The molecule has 1 aromatic rings. The van der Waals surface area contributed by atoms with Crippen molar-refractivity contribution in [3.05, 3.63) is 35.7 Å². The molecule has 0 saturated carbocycles. The first-order chi connectivity index (χ1) is 8.70. The quantitative estimate of drug-likeness (QED) is 0.820. The van der Waals surface area contributed by atoms with Gasteiger partial charge in [0.1, 0.15) is 0 Å². The van der Waals surface area contributed by atoms with Gasteiger partial charge in [-0.25, -0.2) is 0 Å². The Hall–Kier alpha value is -1.68. The van der Waals surface area contributed by atoms with Crippen molar-refractivity contribution in [2.45, 2.75) is 25.8 Å². The Morgan fingerprint density at radius 2 is 2.44 bits per heavy atom. The second kappa shape index (κ2) is 5.78. The highest BCUT2D eigenvalue weighted by Gasteiger charge is 2.26. The van der Waals surface area contributed by atoms with Crippen molar-refractivity contribution in [1.29, 1.82) is 0 Å². The third-order valence-corrected chi connectivity index (χ3v) is 3.19. The molecule has 96 valence electrons. The van der Waals surface area contributed by atoms with Gasteiger partial charge in [0.15, 0.2) is 0 Å². The van der Waals surface area contributed by atoms with Gasteiger partial charge in [0.05, 0.1) is 12.6 Å². The molecule has 0 bridgehead atoms. The molecule has 1 aromatic heterocycles. The van der Waals surface area contributed by atoms with Crippen LogP contribution in [-0.4, -0.2) is 40.1 Å². The predicted molar refractivity (Wildman–Crippen MR) is 69.8 cm³/mol. The van der Waals surface area contributed by atoms with Crippen molar-refractivity contribution in [3.8, 4) is 0 Å². The Bertz CT molecular complexity index is 457. The van der Waals surface area contributed by atoms with Crippen molar-refractivity contribution in [2.75, 3.05) is 13.2 Å². The molecule has 1 aliphatic heterocycles. The summed E-state index contributed by atoms with van der Waals surface area (Å²) < 4.78 is 0. The number of amides is 1. The van der Waals surface area contributed by atoms with Gasteiger partial charge >= 0.3 is 0 Å². The molecule has 1 atom stereocenters. The molecular formula is C14H18N2O2. The molecule has 0 aliphatic carbocycles. The number of aryl methyl sites for hydroxylation is 1. The van der Waals surface area contributed by atoms with Crippen LogP contribution >= 0.6 is 0 Å². The fourth-order valence-electron chi connectivity index (χ4n) is 2.25. The molecule has 4 nitrogen and oxygen atoms in total. The molecule has 2 rings (SSSR count). The Morgan fingerprint density at radius 3 is 3.17 bits per heavy atom. The highest BCUT2D eigenvalue weighted by atomic mass is 16.3. The maximum absolute atomic E-state index is 12.0. The van der Waals surface area contributed by atoms with Crippen LogP contribution in [0.4, 0.5) is 0 Å². The van der Waals surface area contributed by atoms with Crippen LogP contribution < -0.4 is 0 Å². The van der Waals surface area contributed by atoms with Crippen molar-refractivity contribution < 1.29 is 9.90 Å². The van der Waals surface area contributed by atoms with Gasteiger partial charge in [-0.1, -0.05) is 0 Å². The summed E-state index contributed by atoms with van der Waals surface area (Å²) in [6.45, 7) is 2.75. The zero-order chi connectivity index (χ0) is 13.0. The van der Waals surface area contributed by atoms with Gasteiger partial charge in [0.2, 0.25) is 5.91 Å². The summed E-state index contributed by atoms with van der Waals surface area (Å²) in [6.07, 6.45) is 8.70. The van der Waals surface area contributed by atoms with Gasteiger partial charge in [-0.05, 0) is 43.0 Å². The number of carbonyl (C=O) groups is 1. The lowest BCUT2D eigenvalue weighted by Gasteiger charge is -2.21. The Labute approximate surface area is 107 Å². The van der Waals surface area contributed by atoms with Crippen LogP contribution in [-0.2, 0) is 4.79 Å². The molecule has 0 unspecified atom stereocenters. The minimum absolute atomic E-state index is 0.0159. The third kappa shape index (κ3) is 2.96. The highest BCUT2D eigenvalue weighted by Crippen LogP contribution is 2.17. The highest BCUT2D eigenvalue weighted by molar-refractivity contribution is 5.92. The number of aliphatic hydroxyl groups excluding tert-OH is 1. The molecule has 1 N–H and O–H groups in total. The van der Waals surface area contributed by atoms with Crippen molar-refractivity contribution in [3.63, 3.8) is 0 Å². The van der Waals surface area contributed by atoms with Gasteiger partial charge < -0.3 is 10.0 Å². The van der Waals surface area contributed by atoms with Gasteiger partial charge in [0, 0.05) is 25.0 Å². The summed E-state index contributed by atoms with van der Waals surface area (Å²) in [5, 5.41) is 9.18. The van der Waals surface area contributed by atoms with E-state index in [1.807, 2.05) is 13.0 Å². The van der Waals surface area contributed by atoms with E-state index in [0.29, 0.717) is 0 Å². The largest absolute Gasteiger partial charge is 0.394 e. The Kier molecular flexibility index (Phi) is 4.10. The van der Waals surface area contributed by atoms with Crippen LogP contribution in [0.3, 0.4) is 0 Å². The second-order valence-corrected chi connectivity index (χ2v) is 4.64. The van der Waals surface area contributed by atoms with E-state index >= 15 is 0 Å². The molecule has 2 heterocycles. The van der Waals surface area contributed by atoms with Crippen LogP contribution in [0, 0.1) is 6.92 Å². The number of aliphatic hydroxyl groups is 1. The fourth-order valence-corrected chi connectivity index (χ4v) is 2.25. The summed E-state index contributed by atoms with van der Waals surface area (Å²) in [7, 11) is 0. The number of aromatic nitrogens is 1. The van der Waals surface area contributed by atoms with Gasteiger partial charge in [-0.15, -0.1) is 0 Å². The van der Waals surface area contributed by atoms with E-state index in [1.54, 1.807) is 29.4 Å². The van der Waals surface area contributed by atoms with Gasteiger partial charge in [-0.3, -0.25) is 9.78 Å². The van der Waals surface area contributed by atoms with E-state index in [1.165, 1.54) is 0 Å². The summed E-state index contributed by atoms with van der Waals surface area (Å²) in [4.78, 5) is 17.8. The molecule has 4 heteroatoms. The predicted octanol–water partition coefficient (Wildman–Crippen LogP) is 1.39. The number of hydrogen-bond donors (Lipinski definition) is 1. The SMILES string of the molecule is Cc1cncc(/C=C/C(=O)N2CCC[C@@H]2CO)c1. The second-order valence-electron chi connectivity index (χ2n) is 4.64. The van der Waals surface area contributed by atoms with Crippen LogP contribution in [0.5, 0.6) is 0 Å². The number of pyridine rings is 1. The first-order valence-electron chi connectivity index (χ1n) is 6.22. The van der Waals surface area contributed by atoms with Crippen molar-refractivity contribution in [2.24, 2.45) is 0 Å². The van der Waals surface area contributed by atoms with Gasteiger partial charge in [0.25, 0.3) is 0 Å². The first kappa shape index (κ1) is 12.8. The number of likely N-dealkylation sites (tertiary alicyclic amines) is 1. The van der Waals surface area contributed by atoms with Crippen molar-refractivity contribution in [1.82, 2.24) is 9.88 Å². The molecule has 0 radical (unpaired) electrons. The smallest absolute Gasteiger partial charge is 0.246 e. The van der Waals surface area contributed by atoms with E-state index in [2.05, 4.69) is 4.98 Å². The number of carbonyl (C=O) groups excluding carboxylic acids is 1. The lowest BCUT2D eigenvalue weighted by molar-refractivity contribution is -0.127. The van der Waals surface area contributed by atoms with Crippen LogP contribution in [0.25, 0.3) is 6.08 Å². The molecule has 0 spiro atoms. The molecular weight excluding hydrogens is 228 g/mol. The number of nitrogens with zero attached hydrogens (tertiary/aromatic N) is 2. The molecule has 1 amide bonds. The summed E-state index contributed by atoms with van der Waals surface area (Å²) in [5.41, 5.74) is 1.99. The standard InChI is InChI=1S/C14H18N2O2/c1-11-7-12(9-15-8-11)4-5-14(18)16-6-2-3-13(16)10-17/h4-5,7-9,13,17H,2-3,6,10H2,1H3/b5-4+/t13-/m1/s1. The topological polar surface area (TPSA) is 53.4 Å². The zero-order valence-electron chi connectivity index (χ0n) is 10.5. The van der Waals surface area contributed by atoms with E-state index in [4.69, 9.17) is 0 Å². The lowest BCUT2D eigenvalue weighted by Crippen LogP contribution is -2.36. The van der Waals surface area contributed by atoms with Gasteiger partial charge in [-0.2, -0.15) is 0 Å². The lowest BCUT2D eigenvalue weighted by atomic mass is 10.2. The minimum Gasteiger partial charge on any atom is -0.394 e. The molecule has 18 heavy (non-hydrogen) atoms. The van der Waals surface area contributed by atoms with Crippen LogP contribution in [0.2, 0.25) is 0 Å². The van der Waals surface area contributed by atoms with Crippen LogP contribution in [0.1, 0.15) is 24.0 Å².